The molecule has 1 aliphatic rings. The van der Waals surface area contributed by atoms with Crippen LogP contribution in [-0.4, -0.2) is 32.1 Å². The van der Waals surface area contributed by atoms with Gasteiger partial charge in [0.25, 0.3) is 5.91 Å². The van der Waals surface area contributed by atoms with E-state index >= 15 is 0 Å². The van der Waals surface area contributed by atoms with Gasteiger partial charge >= 0.3 is 0 Å². The molecule has 162 valence electrons. The Morgan fingerprint density at radius 2 is 2.03 bits per heavy atom. The Morgan fingerprint density at radius 3 is 2.77 bits per heavy atom. The SMILES string of the molecule is CCn1c(SCc2ccc(Cl)cc2Cl)nnc1C1CCCN1C(=O)c1cccc(C)c1. The normalized spacial score (nSPS) is 16.1. The van der Waals surface area contributed by atoms with E-state index in [0.717, 1.165) is 53.6 Å². The van der Waals surface area contributed by atoms with Crippen molar-refractivity contribution in [2.24, 2.45) is 0 Å². The van der Waals surface area contributed by atoms with E-state index in [9.17, 15) is 4.79 Å². The third-order valence-corrected chi connectivity index (χ3v) is 7.11. The number of rotatable bonds is 6. The first-order valence-electron chi connectivity index (χ1n) is 10.4. The number of nitrogens with zero attached hydrogens (tertiary/aromatic N) is 4. The Bertz CT molecular complexity index is 1100. The molecule has 4 rings (SSSR count). The van der Waals surface area contributed by atoms with Crippen LogP contribution in [0.3, 0.4) is 0 Å². The van der Waals surface area contributed by atoms with Gasteiger partial charge < -0.3 is 9.47 Å². The van der Waals surface area contributed by atoms with Crippen LogP contribution in [0.25, 0.3) is 0 Å². The molecular weight excluding hydrogens is 451 g/mol. The van der Waals surface area contributed by atoms with Crippen molar-refractivity contribution in [2.45, 2.75) is 50.2 Å². The lowest BCUT2D eigenvalue weighted by Gasteiger charge is -2.24. The van der Waals surface area contributed by atoms with Gasteiger partial charge in [-0.15, -0.1) is 10.2 Å². The van der Waals surface area contributed by atoms with Crippen LogP contribution >= 0.6 is 35.0 Å². The van der Waals surface area contributed by atoms with E-state index in [4.69, 9.17) is 23.2 Å². The van der Waals surface area contributed by atoms with Gasteiger partial charge in [-0.25, -0.2) is 0 Å². The summed E-state index contributed by atoms with van der Waals surface area (Å²) < 4.78 is 2.11. The Morgan fingerprint density at radius 1 is 1.19 bits per heavy atom. The fraction of sp³-hybridized carbons (Fsp3) is 0.348. The fourth-order valence-electron chi connectivity index (χ4n) is 3.95. The van der Waals surface area contributed by atoms with E-state index < -0.39 is 0 Å². The highest BCUT2D eigenvalue weighted by Gasteiger charge is 2.34. The molecular formula is C23H24Cl2N4OS. The number of carbonyl (C=O) groups is 1. The molecule has 1 saturated heterocycles. The number of aromatic nitrogens is 3. The van der Waals surface area contributed by atoms with Crippen molar-refractivity contribution in [3.63, 3.8) is 0 Å². The summed E-state index contributed by atoms with van der Waals surface area (Å²) in [6, 6.07) is 13.2. The molecule has 3 aromatic rings. The number of amides is 1. The third kappa shape index (κ3) is 4.76. The van der Waals surface area contributed by atoms with Crippen molar-refractivity contribution in [1.82, 2.24) is 19.7 Å². The van der Waals surface area contributed by atoms with Crippen molar-refractivity contribution in [3.05, 3.63) is 75.0 Å². The Hall–Kier alpha value is -2.02. The van der Waals surface area contributed by atoms with E-state index in [1.54, 1.807) is 17.8 Å². The molecule has 0 aliphatic carbocycles. The van der Waals surface area contributed by atoms with Crippen LogP contribution in [0.2, 0.25) is 10.0 Å². The first-order chi connectivity index (χ1) is 15.0. The van der Waals surface area contributed by atoms with Gasteiger partial charge in [0.1, 0.15) is 0 Å². The molecule has 0 spiro atoms. The number of likely N-dealkylation sites (tertiary alicyclic amines) is 1. The van der Waals surface area contributed by atoms with Crippen molar-refractivity contribution in [2.75, 3.05) is 6.54 Å². The number of hydrogen-bond donors (Lipinski definition) is 0. The highest BCUT2D eigenvalue weighted by Crippen LogP contribution is 2.35. The Kier molecular flexibility index (Phi) is 6.89. The minimum atomic E-state index is -0.0612. The standard InChI is InChI=1S/C23H24Cl2N4OS/c1-3-28-21(26-27-23(28)31-14-17-9-10-18(24)13-19(17)25)20-8-5-11-29(20)22(30)16-7-4-6-15(2)12-16/h4,6-7,9-10,12-13,20H,3,5,8,11,14H2,1-2H3. The predicted molar refractivity (Wildman–Crippen MR) is 126 cm³/mol. The van der Waals surface area contributed by atoms with Crippen LogP contribution in [-0.2, 0) is 12.3 Å². The van der Waals surface area contributed by atoms with Gasteiger partial charge in [-0.3, -0.25) is 4.79 Å². The van der Waals surface area contributed by atoms with Gasteiger partial charge in [0.2, 0.25) is 0 Å². The van der Waals surface area contributed by atoms with Crippen molar-refractivity contribution >= 4 is 40.9 Å². The molecule has 1 aromatic heterocycles. The molecule has 1 atom stereocenters. The Balaban J connectivity index is 1.55. The third-order valence-electron chi connectivity index (χ3n) is 5.51. The average molecular weight is 475 g/mol. The number of thioether (sulfide) groups is 1. The first-order valence-corrected chi connectivity index (χ1v) is 12.1. The summed E-state index contributed by atoms with van der Waals surface area (Å²) in [7, 11) is 0. The zero-order valence-corrected chi connectivity index (χ0v) is 19.8. The lowest BCUT2D eigenvalue weighted by atomic mass is 10.1. The second kappa shape index (κ2) is 9.63. The van der Waals surface area contributed by atoms with Crippen molar-refractivity contribution in [3.8, 4) is 0 Å². The van der Waals surface area contributed by atoms with Gasteiger partial charge in [0, 0.05) is 34.5 Å². The van der Waals surface area contributed by atoms with Crippen LogP contribution in [0.5, 0.6) is 0 Å². The number of hydrogen-bond acceptors (Lipinski definition) is 4. The fourth-order valence-corrected chi connectivity index (χ4v) is 5.52. The summed E-state index contributed by atoms with van der Waals surface area (Å²) in [6.07, 6.45) is 1.85. The van der Waals surface area contributed by atoms with E-state index in [-0.39, 0.29) is 11.9 Å². The second-order valence-electron chi connectivity index (χ2n) is 7.64. The number of halogens is 2. The molecule has 1 aliphatic heterocycles. The summed E-state index contributed by atoms with van der Waals surface area (Å²) in [5.74, 6) is 1.58. The summed E-state index contributed by atoms with van der Waals surface area (Å²) >= 11 is 13.9. The lowest BCUT2D eigenvalue weighted by Crippen LogP contribution is -2.32. The molecule has 0 saturated carbocycles. The van der Waals surface area contributed by atoms with Crippen LogP contribution in [0.1, 0.15) is 53.1 Å². The highest BCUT2D eigenvalue weighted by molar-refractivity contribution is 7.98. The zero-order chi connectivity index (χ0) is 22.0. The predicted octanol–water partition coefficient (Wildman–Crippen LogP) is 6.18. The lowest BCUT2D eigenvalue weighted by molar-refractivity contribution is 0.0727. The topological polar surface area (TPSA) is 51.0 Å². The maximum atomic E-state index is 13.2. The molecule has 2 aromatic carbocycles. The van der Waals surface area contributed by atoms with Crippen LogP contribution in [0.15, 0.2) is 47.6 Å². The van der Waals surface area contributed by atoms with Gasteiger partial charge in [0.15, 0.2) is 11.0 Å². The van der Waals surface area contributed by atoms with E-state index in [1.807, 2.05) is 48.2 Å². The molecule has 5 nitrogen and oxygen atoms in total. The zero-order valence-electron chi connectivity index (χ0n) is 17.5. The van der Waals surface area contributed by atoms with E-state index in [2.05, 4.69) is 21.7 Å². The van der Waals surface area contributed by atoms with Gasteiger partial charge in [0.05, 0.1) is 6.04 Å². The smallest absolute Gasteiger partial charge is 0.254 e. The van der Waals surface area contributed by atoms with Gasteiger partial charge in [-0.05, 0) is 56.5 Å². The molecule has 31 heavy (non-hydrogen) atoms. The van der Waals surface area contributed by atoms with Crippen LogP contribution in [0.4, 0.5) is 0 Å². The minimum absolute atomic E-state index is 0.0546. The second-order valence-corrected chi connectivity index (χ2v) is 9.42. The van der Waals surface area contributed by atoms with Crippen molar-refractivity contribution in [1.29, 1.82) is 0 Å². The van der Waals surface area contributed by atoms with Crippen molar-refractivity contribution < 1.29 is 4.79 Å². The monoisotopic (exact) mass is 474 g/mol. The van der Waals surface area contributed by atoms with Crippen LogP contribution < -0.4 is 0 Å². The summed E-state index contributed by atoms with van der Waals surface area (Å²) in [4.78, 5) is 15.1. The summed E-state index contributed by atoms with van der Waals surface area (Å²) in [5, 5.41) is 11.1. The van der Waals surface area contributed by atoms with Gasteiger partial charge in [-0.2, -0.15) is 0 Å². The molecule has 0 bridgehead atoms. The largest absolute Gasteiger partial charge is 0.328 e. The Labute approximate surface area is 196 Å². The molecule has 1 fully saturated rings. The molecule has 8 heteroatoms. The number of carbonyl (C=O) groups excluding carboxylic acids is 1. The van der Waals surface area contributed by atoms with E-state index in [0.29, 0.717) is 15.8 Å². The molecule has 1 unspecified atom stereocenters. The average Bonchev–Trinajstić information content (AvgIpc) is 3.39. The highest BCUT2D eigenvalue weighted by atomic mass is 35.5. The summed E-state index contributed by atoms with van der Waals surface area (Å²) in [6.45, 7) is 5.55. The molecule has 0 N–H and O–H groups in total. The molecule has 0 radical (unpaired) electrons. The maximum Gasteiger partial charge on any atom is 0.254 e. The maximum absolute atomic E-state index is 13.2. The molecule has 2 heterocycles. The minimum Gasteiger partial charge on any atom is -0.328 e. The number of aryl methyl sites for hydroxylation is 1. The van der Waals surface area contributed by atoms with E-state index in [1.165, 1.54) is 0 Å². The number of benzene rings is 2. The summed E-state index contributed by atoms with van der Waals surface area (Å²) in [5.41, 5.74) is 2.81. The van der Waals surface area contributed by atoms with Crippen LogP contribution in [0, 0.1) is 6.92 Å². The molecule has 1 amide bonds. The first kappa shape index (κ1) is 22.2. The quantitative estimate of drug-likeness (QED) is 0.400. The van der Waals surface area contributed by atoms with Gasteiger partial charge in [-0.1, -0.05) is 58.7 Å².